The smallest absolute Gasteiger partial charge is 0.253 e. The van der Waals surface area contributed by atoms with Crippen molar-refractivity contribution < 1.29 is 14.3 Å². The monoisotopic (exact) mass is 252 g/mol. The molecule has 0 heterocycles. The van der Waals surface area contributed by atoms with E-state index >= 15 is 0 Å². The molecule has 1 rings (SSSR count). The van der Waals surface area contributed by atoms with Crippen molar-refractivity contribution in [3.63, 3.8) is 0 Å². The van der Waals surface area contributed by atoms with E-state index in [9.17, 15) is 4.79 Å². The summed E-state index contributed by atoms with van der Waals surface area (Å²) in [6.07, 6.45) is 0. The summed E-state index contributed by atoms with van der Waals surface area (Å²) in [6.45, 7) is 0.875. The van der Waals surface area contributed by atoms with Gasteiger partial charge in [-0.05, 0) is 18.2 Å². The lowest BCUT2D eigenvalue weighted by atomic mass is 10.2. The summed E-state index contributed by atoms with van der Waals surface area (Å²) < 4.78 is 10.0. The van der Waals surface area contributed by atoms with Gasteiger partial charge in [0.15, 0.2) is 0 Å². The molecule has 100 valence electrons. The summed E-state index contributed by atoms with van der Waals surface area (Å²) in [7, 11) is 4.88. The first-order valence-corrected chi connectivity index (χ1v) is 5.72. The third-order valence-corrected chi connectivity index (χ3v) is 2.55. The van der Waals surface area contributed by atoms with Crippen LogP contribution in [0.25, 0.3) is 0 Å². The van der Waals surface area contributed by atoms with Crippen LogP contribution in [-0.4, -0.2) is 51.3 Å². The molecule has 5 heteroatoms. The maximum absolute atomic E-state index is 12.1. The van der Waals surface area contributed by atoms with Crippen LogP contribution in [0.2, 0.25) is 0 Å². The van der Waals surface area contributed by atoms with E-state index in [1.165, 1.54) is 0 Å². The highest BCUT2D eigenvalue weighted by Gasteiger charge is 2.15. The molecule has 0 aliphatic rings. The summed E-state index contributed by atoms with van der Waals surface area (Å²) in [6, 6.07) is 6.86. The average Bonchev–Trinajstić information content (AvgIpc) is 2.38. The summed E-state index contributed by atoms with van der Waals surface area (Å²) in [5, 5.41) is 0. The standard InChI is InChI=1S/C13H20N2O3/c1-15(8-11(14)9-17-2)13(16)10-5-4-6-12(7-10)18-3/h4-7,11H,8-9,14H2,1-3H3. The van der Waals surface area contributed by atoms with Crippen LogP contribution in [0.4, 0.5) is 0 Å². The van der Waals surface area contributed by atoms with E-state index in [4.69, 9.17) is 15.2 Å². The lowest BCUT2D eigenvalue weighted by Gasteiger charge is -2.21. The molecular weight excluding hydrogens is 232 g/mol. The van der Waals surface area contributed by atoms with E-state index in [2.05, 4.69) is 0 Å². The number of nitrogens with zero attached hydrogens (tertiary/aromatic N) is 1. The SMILES string of the molecule is COCC(N)CN(C)C(=O)c1cccc(OC)c1. The topological polar surface area (TPSA) is 64.8 Å². The fraction of sp³-hybridized carbons (Fsp3) is 0.462. The molecule has 1 aromatic rings. The van der Waals surface area contributed by atoms with Crippen LogP contribution in [0, 0.1) is 0 Å². The molecule has 2 N–H and O–H groups in total. The molecule has 0 aliphatic heterocycles. The Hall–Kier alpha value is -1.59. The van der Waals surface area contributed by atoms with Crippen molar-refractivity contribution in [2.75, 3.05) is 34.4 Å². The molecule has 0 spiro atoms. The molecule has 1 atom stereocenters. The minimum atomic E-state index is -0.186. The number of amides is 1. The number of rotatable bonds is 6. The van der Waals surface area contributed by atoms with Crippen LogP contribution in [0.5, 0.6) is 5.75 Å². The number of methoxy groups -OCH3 is 2. The van der Waals surface area contributed by atoms with Crippen molar-refractivity contribution in [2.45, 2.75) is 6.04 Å². The zero-order valence-electron chi connectivity index (χ0n) is 11.1. The normalized spacial score (nSPS) is 12.0. The summed E-state index contributed by atoms with van der Waals surface area (Å²) in [5.41, 5.74) is 6.40. The third-order valence-electron chi connectivity index (χ3n) is 2.55. The van der Waals surface area contributed by atoms with Gasteiger partial charge in [-0.3, -0.25) is 4.79 Å². The highest BCUT2D eigenvalue weighted by Crippen LogP contribution is 2.13. The first-order valence-electron chi connectivity index (χ1n) is 5.72. The number of hydrogen-bond acceptors (Lipinski definition) is 4. The van der Waals surface area contributed by atoms with Gasteiger partial charge in [-0.25, -0.2) is 0 Å². The quantitative estimate of drug-likeness (QED) is 0.811. The lowest BCUT2D eigenvalue weighted by molar-refractivity contribution is 0.0764. The van der Waals surface area contributed by atoms with Crippen LogP contribution in [0.1, 0.15) is 10.4 Å². The summed E-state index contributed by atoms with van der Waals surface area (Å²) in [4.78, 5) is 13.7. The molecule has 18 heavy (non-hydrogen) atoms. The predicted octanol–water partition coefficient (Wildman–Crippen LogP) is 0.741. The van der Waals surface area contributed by atoms with Gasteiger partial charge in [0.1, 0.15) is 5.75 Å². The van der Waals surface area contributed by atoms with Crippen molar-refractivity contribution in [1.29, 1.82) is 0 Å². The van der Waals surface area contributed by atoms with Crippen molar-refractivity contribution in [3.05, 3.63) is 29.8 Å². The maximum Gasteiger partial charge on any atom is 0.253 e. The van der Waals surface area contributed by atoms with E-state index in [1.54, 1.807) is 50.4 Å². The molecule has 0 radical (unpaired) electrons. The van der Waals surface area contributed by atoms with E-state index < -0.39 is 0 Å². The van der Waals surface area contributed by atoms with Crippen LogP contribution in [0.15, 0.2) is 24.3 Å². The Morgan fingerprint density at radius 3 is 2.78 bits per heavy atom. The number of ether oxygens (including phenoxy) is 2. The van der Waals surface area contributed by atoms with Crippen molar-refractivity contribution in [1.82, 2.24) is 4.90 Å². The number of nitrogens with two attached hydrogens (primary N) is 1. The highest BCUT2D eigenvalue weighted by molar-refractivity contribution is 5.94. The Labute approximate surface area is 107 Å². The Kier molecular flexibility index (Phi) is 5.61. The predicted molar refractivity (Wildman–Crippen MR) is 69.8 cm³/mol. The Morgan fingerprint density at radius 1 is 1.44 bits per heavy atom. The second kappa shape index (κ2) is 6.98. The van der Waals surface area contributed by atoms with Crippen LogP contribution in [0.3, 0.4) is 0 Å². The number of carbonyl (C=O) groups excluding carboxylic acids is 1. The van der Waals surface area contributed by atoms with E-state index in [0.29, 0.717) is 24.5 Å². The van der Waals surface area contributed by atoms with Gasteiger partial charge >= 0.3 is 0 Å². The molecule has 0 aliphatic carbocycles. The van der Waals surface area contributed by atoms with Crippen LogP contribution >= 0.6 is 0 Å². The highest BCUT2D eigenvalue weighted by atomic mass is 16.5. The zero-order valence-corrected chi connectivity index (χ0v) is 11.1. The number of benzene rings is 1. The number of carbonyl (C=O) groups is 1. The van der Waals surface area contributed by atoms with Gasteiger partial charge in [-0.1, -0.05) is 6.07 Å². The summed E-state index contributed by atoms with van der Waals surface area (Å²) in [5.74, 6) is 0.580. The summed E-state index contributed by atoms with van der Waals surface area (Å²) >= 11 is 0. The zero-order chi connectivity index (χ0) is 13.5. The Morgan fingerprint density at radius 2 is 2.17 bits per heavy atom. The van der Waals surface area contributed by atoms with Gasteiger partial charge in [0.05, 0.1) is 13.7 Å². The molecule has 0 fully saturated rings. The molecule has 0 bridgehead atoms. The molecule has 1 amide bonds. The molecule has 0 saturated heterocycles. The molecule has 1 unspecified atom stereocenters. The Balaban J connectivity index is 2.67. The molecular formula is C13H20N2O3. The maximum atomic E-state index is 12.1. The minimum absolute atomic E-state index is 0.0829. The molecule has 0 aromatic heterocycles. The van der Waals surface area contributed by atoms with Gasteiger partial charge in [0.25, 0.3) is 5.91 Å². The average molecular weight is 252 g/mol. The number of likely N-dealkylation sites (N-methyl/N-ethyl adjacent to an activating group) is 1. The van der Waals surface area contributed by atoms with E-state index in [1.807, 2.05) is 0 Å². The Bertz CT molecular complexity index is 396. The van der Waals surface area contributed by atoms with Gasteiger partial charge in [-0.2, -0.15) is 0 Å². The van der Waals surface area contributed by atoms with Crippen molar-refractivity contribution in [3.8, 4) is 5.75 Å². The van der Waals surface area contributed by atoms with Crippen LogP contribution in [-0.2, 0) is 4.74 Å². The molecule has 1 aromatic carbocycles. The van der Waals surface area contributed by atoms with Gasteiger partial charge < -0.3 is 20.1 Å². The van der Waals surface area contributed by atoms with Gasteiger partial charge in [0, 0.05) is 32.3 Å². The van der Waals surface area contributed by atoms with Crippen LogP contribution < -0.4 is 10.5 Å². The first kappa shape index (κ1) is 14.5. The molecule has 5 nitrogen and oxygen atoms in total. The lowest BCUT2D eigenvalue weighted by Crippen LogP contribution is -2.41. The largest absolute Gasteiger partial charge is 0.497 e. The molecule has 0 saturated carbocycles. The second-order valence-corrected chi connectivity index (χ2v) is 4.13. The second-order valence-electron chi connectivity index (χ2n) is 4.13. The van der Waals surface area contributed by atoms with E-state index in [-0.39, 0.29) is 11.9 Å². The van der Waals surface area contributed by atoms with Crippen molar-refractivity contribution >= 4 is 5.91 Å². The minimum Gasteiger partial charge on any atom is -0.497 e. The number of hydrogen-bond donors (Lipinski definition) is 1. The van der Waals surface area contributed by atoms with E-state index in [0.717, 1.165) is 0 Å². The fourth-order valence-electron chi connectivity index (χ4n) is 1.68. The van der Waals surface area contributed by atoms with Crippen molar-refractivity contribution in [2.24, 2.45) is 5.73 Å². The fourth-order valence-corrected chi connectivity index (χ4v) is 1.68. The van der Waals surface area contributed by atoms with Gasteiger partial charge in [-0.15, -0.1) is 0 Å². The van der Waals surface area contributed by atoms with Gasteiger partial charge in [0.2, 0.25) is 0 Å². The first-order chi connectivity index (χ1) is 8.58. The third kappa shape index (κ3) is 4.01.